The zero-order valence-corrected chi connectivity index (χ0v) is 10.7. The molecule has 1 heterocycles. The maximum absolute atomic E-state index is 9.07. The van der Waals surface area contributed by atoms with E-state index < -0.39 is 0 Å². The third kappa shape index (κ3) is 4.61. The zero-order chi connectivity index (χ0) is 12.5. The molecule has 0 aliphatic rings. The van der Waals surface area contributed by atoms with Gasteiger partial charge in [0.2, 0.25) is 5.88 Å². The first-order valence-corrected chi connectivity index (χ1v) is 6.27. The summed E-state index contributed by atoms with van der Waals surface area (Å²) in [5, 5.41) is 9.07. The van der Waals surface area contributed by atoms with Crippen molar-refractivity contribution in [2.24, 2.45) is 0 Å². The highest BCUT2D eigenvalue weighted by atomic mass is 16.5. The maximum atomic E-state index is 9.07. The van der Waals surface area contributed by atoms with E-state index in [-0.39, 0.29) is 6.61 Å². The average molecular weight is 238 g/mol. The first kappa shape index (κ1) is 13.8. The summed E-state index contributed by atoms with van der Waals surface area (Å²) in [6.07, 6.45) is 2.23. The highest BCUT2D eigenvalue weighted by Crippen LogP contribution is 2.16. The van der Waals surface area contributed by atoms with E-state index in [1.807, 2.05) is 25.1 Å². The largest absolute Gasteiger partial charge is 0.478 e. The van der Waals surface area contributed by atoms with Gasteiger partial charge in [-0.05, 0) is 19.4 Å². The van der Waals surface area contributed by atoms with E-state index in [9.17, 15) is 0 Å². The van der Waals surface area contributed by atoms with Crippen LogP contribution in [0, 0.1) is 0 Å². The van der Waals surface area contributed by atoms with Crippen molar-refractivity contribution >= 4 is 5.82 Å². The van der Waals surface area contributed by atoms with E-state index in [1.165, 1.54) is 0 Å². The van der Waals surface area contributed by atoms with E-state index in [2.05, 4.69) is 16.8 Å². The zero-order valence-electron chi connectivity index (χ0n) is 10.7. The fourth-order valence-corrected chi connectivity index (χ4v) is 1.62. The Balaban J connectivity index is 2.73. The van der Waals surface area contributed by atoms with Crippen molar-refractivity contribution in [1.29, 1.82) is 0 Å². The molecular weight excluding hydrogens is 216 g/mol. The van der Waals surface area contributed by atoms with Gasteiger partial charge in [0.05, 0.1) is 13.2 Å². The van der Waals surface area contributed by atoms with Gasteiger partial charge in [-0.25, -0.2) is 0 Å². The van der Waals surface area contributed by atoms with Crippen LogP contribution in [0.15, 0.2) is 18.2 Å². The molecule has 4 nitrogen and oxygen atoms in total. The molecule has 0 fully saturated rings. The van der Waals surface area contributed by atoms with Crippen molar-refractivity contribution in [3.63, 3.8) is 0 Å². The molecule has 1 rings (SSSR count). The molecule has 0 bridgehead atoms. The molecule has 1 N–H and O–H groups in total. The highest BCUT2D eigenvalue weighted by Gasteiger charge is 2.07. The number of anilines is 1. The lowest BCUT2D eigenvalue weighted by Crippen LogP contribution is -2.28. The van der Waals surface area contributed by atoms with Crippen LogP contribution in [-0.2, 0) is 0 Å². The van der Waals surface area contributed by atoms with Gasteiger partial charge in [-0.3, -0.25) is 0 Å². The molecule has 0 atom stereocenters. The number of aliphatic hydroxyl groups excluding tert-OH is 1. The summed E-state index contributed by atoms with van der Waals surface area (Å²) in [6.45, 7) is 6.38. The second kappa shape index (κ2) is 7.90. The Morgan fingerprint density at radius 3 is 2.76 bits per heavy atom. The summed E-state index contributed by atoms with van der Waals surface area (Å²) < 4.78 is 5.38. The molecule has 0 spiro atoms. The van der Waals surface area contributed by atoms with Crippen molar-refractivity contribution in [2.45, 2.75) is 26.7 Å². The van der Waals surface area contributed by atoms with Crippen LogP contribution < -0.4 is 9.64 Å². The molecule has 0 saturated carbocycles. The molecule has 0 aliphatic carbocycles. The van der Waals surface area contributed by atoms with Crippen LogP contribution in [0.2, 0.25) is 0 Å². The van der Waals surface area contributed by atoms with Gasteiger partial charge in [0, 0.05) is 19.2 Å². The summed E-state index contributed by atoms with van der Waals surface area (Å²) in [6, 6.07) is 5.74. The summed E-state index contributed by atoms with van der Waals surface area (Å²) in [7, 11) is 0. The van der Waals surface area contributed by atoms with Crippen LogP contribution in [0.1, 0.15) is 26.7 Å². The van der Waals surface area contributed by atoms with Crippen LogP contribution in [-0.4, -0.2) is 36.4 Å². The smallest absolute Gasteiger partial charge is 0.215 e. The van der Waals surface area contributed by atoms with Gasteiger partial charge in [-0.15, -0.1) is 0 Å². The number of pyridine rings is 1. The van der Waals surface area contributed by atoms with Crippen molar-refractivity contribution in [2.75, 3.05) is 31.2 Å². The number of aliphatic hydroxyl groups is 1. The molecule has 1 aromatic heterocycles. The maximum Gasteiger partial charge on any atom is 0.215 e. The predicted octanol–water partition coefficient (Wildman–Crippen LogP) is 2.08. The summed E-state index contributed by atoms with van der Waals surface area (Å²) in [5.41, 5.74) is 0. The normalized spacial score (nSPS) is 10.3. The Morgan fingerprint density at radius 2 is 2.12 bits per heavy atom. The lowest BCUT2D eigenvalue weighted by Gasteiger charge is -2.22. The van der Waals surface area contributed by atoms with Gasteiger partial charge >= 0.3 is 0 Å². The Bertz CT molecular complexity index is 318. The van der Waals surface area contributed by atoms with Gasteiger partial charge < -0.3 is 14.7 Å². The molecule has 0 aliphatic heterocycles. The van der Waals surface area contributed by atoms with Crippen molar-refractivity contribution in [3.8, 4) is 5.88 Å². The number of aromatic nitrogens is 1. The van der Waals surface area contributed by atoms with E-state index in [0.29, 0.717) is 19.0 Å². The number of nitrogens with zero attached hydrogens (tertiary/aromatic N) is 2. The topological polar surface area (TPSA) is 45.6 Å². The number of rotatable bonds is 8. The minimum absolute atomic E-state index is 0.143. The Morgan fingerprint density at radius 1 is 1.29 bits per heavy atom. The van der Waals surface area contributed by atoms with Crippen LogP contribution in [0.3, 0.4) is 0 Å². The third-order valence-electron chi connectivity index (χ3n) is 2.48. The molecule has 0 unspecified atom stereocenters. The standard InChI is InChI=1S/C13H22N2O2/c1-3-5-9-15(10-11-16)12-7-6-8-13(14-12)17-4-2/h6-8,16H,3-5,9-11H2,1-2H3. The number of hydrogen-bond acceptors (Lipinski definition) is 4. The second-order valence-corrected chi connectivity index (χ2v) is 3.83. The second-order valence-electron chi connectivity index (χ2n) is 3.83. The first-order valence-electron chi connectivity index (χ1n) is 6.27. The molecule has 0 radical (unpaired) electrons. The molecule has 0 amide bonds. The number of unbranched alkanes of at least 4 members (excludes halogenated alkanes) is 1. The molecule has 1 aromatic rings. The van der Waals surface area contributed by atoms with E-state index in [4.69, 9.17) is 9.84 Å². The summed E-state index contributed by atoms with van der Waals surface area (Å²) in [5.74, 6) is 1.52. The van der Waals surface area contributed by atoms with E-state index in [1.54, 1.807) is 0 Å². The van der Waals surface area contributed by atoms with Crippen LogP contribution in [0.4, 0.5) is 5.82 Å². The Hall–Kier alpha value is -1.29. The van der Waals surface area contributed by atoms with Gasteiger partial charge in [-0.2, -0.15) is 4.98 Å². The lowest BCUT2D eigenvalue weighted by atomic mass is 10.3. The van der Waals surface area contributed by atoms with Gasteiger partial charge in [-0.1, -0.05) is 19.4 Å². The van der Waals surface area contributed by atoms with Crippen LogP contribution >= 0.6 is 0 Å². The van der Waals surface area contributed by atoms with Crippen LogP contribution in [0.25, 0.3) is 0 Å². The quantitative estimate of drug-likeness (QED) is 0.753. The number of ether oxygens (including phenoxy) is 1. The minimum Gasteiger partial charge on any atom is -0.478 e. The third-order valence-corrected chi connectivity index (χ3v) is 2.48. The lowest BCUT2D eigenvalue weighted by molar-refractivity contribution is 0.300. The molecule has 4 heteroatoms. The predicted molar refractivity (Wildman–Crippen MR) is 69.6 cm³/mol. The molecular formula is C13H22N2O2. The van der Waals surface area contributed by atoms with Gasteiger partial charge in [0.15, 0.2) is 0 Å². The highest BCUT2D eigenvalue weighted by molar-refractivity contribution is 5.40. The molecule has 0 saturated heterocycles. The molecule has 0 aromatic carbocycles. The first-order chi connectivity index (χ1) is 8.31. The monoisotopic (exact) mass is 238 g/mol. The van der Waals surface area contributed by atoms with E-state index >= 15 is 0 Å². The summed E-state index contributed by atoms with van der Waals surface area (Å²) >= 11 is 0. The fraction of sp³-hybridized carbons (Fsp3) is 0.615. The summed E-state index contributed by atoms with van der Waals surface area (Å²) in [4.78, 5) is 6.52. The fourth-order valence-electron chi connectivity index (χ4n) is 1.62. The Kier molecular flexibility index (Phi) is 6.40. The number of hydrogen-bond donors (Lipinski definition) is 1. The van der Waals surface area contributed by atoms with E-state index in [0.717, 1.165) is 25.2 Å². The van der Waals surface area contributed by atoms with Gasteiger partial charge in [0.25, 0.3) is 0 Å². The van der Waals surface area contributed by atoms with Crippen LogP contribution in [0.5, 0.6) is 5.88 Å². The van der Waals surface area contributed by atoms with Crippen molar-refractivity contribution < 1.29 is 9.84 Å². The Labute approximate surface area is 103 Å². The minimum atomic E-state index is 0.143. The SMILES string of the molecule is CCCCN(CCO)c1cccc(OCC)n1. The average Bonchev–Trinajstić information content (AvgIpc) is 2.35. The molecule has 96 valence electrons. The van der Waals surface area contributed by atoms with Gasteiger partial charge in [0.1, 0.15) is 5.82 Å². The molecule has 17 heavy (non-hydrogen) atoms. The van der Waals surface area contributed by atoms with Crippen molar-refractivity contribution in [3.05, 3.63) is 18.2 Å². The van der Waals surface area contributed by atoms with Crippen molar-refractivity contribution in [1.82, 2.24) is 4.98 Å².